The predicted octanol–water partition coefficient (Wildman–Crippen LogP) is -2.35. The minimum Gasteiger partial charge on any atom is -0.862 e. The summed E-state index contributed by atoms with van der Waals surface area (Å²) < 4.78 is 0. The van der Waals surface area contributed by atoms with Gasteiger partial charge in [0.15, 0.2) is 0 Å². The predicted molar refractivity (Wildman–Crippen MR) is 81.3 cm³/mol. The molecule has 0 aliphatic carbocycles. The van der Waals surface area contributed by atoms with Gasteiger partial charge < -0.3 is 20.3 Å². The molecule has 2 N–H and O–H groups in total. The largest absolute Gasteiger partial charge is 1.00 e. The standard InChI is InChI=1S/C15H28N2O4.K/c1-3-4-5-6-7-8-14(19)16-9-10-17(11-13(2)18)12-15(20)21;/h3,13,18H,1,4-12H2,2H3,(H,16,19)(H,20,21);/q;+1/p-1. The van der Waals surface area contributed by atoms with Gasteiger partial charge in [-0.25, -0.2) is 0 Å². The molecule has 1 atom stereocenters. The number of nitrogens with zero attached hydrogens (tertiary/aromatic N) is 2. The number of rotatable bonds is 13. The molecule has 0 aromatic carbocycles. The monoisotopic (exact) mass is 338 g/mol. The normalized spacial score (nSPS) is 12.8. The van der Waals surface area contributed by atoms with Gasteiger partial charge in [-0.3, -0.25) is 9.69 Å². The van der Waals surface area contributed by atoms with Crippen LogP contribution in [0.4, 0.5) is 0 Å². The van der Waals surface area contributed by atoms with Crippen molar-refractivity contribution in [2.45, 2.75) is 45.1 Å². The number of hydrogen-bond acceptors (Lipinski definition) is 5. The minimum absolute atomic E-state index is 0. The van der Waals surface area contributed by atoms with E-state index in [1.807, 2.05) is 6.08 Å². The Morgan fingerprint density at radius 1 is 1.41 bits per heavy atom. The third-order valence-corrected chi connectivity index (χ3v) is 2.88. The van der Waals surface area contributed by atoms with Gasteiger partial charge in [-0.2, -0.15) is 0 Å². The van der Waals surface area contributed by atoms with Gasteiger partial charge in [-0.1, -0.05) is 12.5 Å². The molecule has 7 heteroatoms. The summed E-state index contributed by atoms with van der Waals surface area (Å²) in [5, 5.41) is 29.6. The number of aliphatic carboxylic acids is 1. The Kier molecular flexibility index (Phi) is 17.9. The van der Waals surface area contributed by atoms with Crippen molar-refractivity contribution in [2.24, 2.45) is 4.99 Å². The first-order chi connectivity index (χ1) is 9.95. The van der Waals surface area contributed by atoms with Gasteiger partial charge >= 0.3 is 57.4 Å². The summed E-state index contributed by atoms with van der Waals surface area (Å²) in [6.07, 6.45) is 5.51. The molecule has 0 spiro atoms. The summed E-state index contributed by atoms with van der Waals surface area (Å²) in [7, 11) is 0. The van der Waals surface area contributed by atoms with Gasteiger partial charge in [0.2, 0.25) is 0 Å². The van der Waals surface area contributed by atoms with Crippen LogP contribution in [0, 0.1) is 0 Å². The molecule has 0 aliphatic heterocycles. The number of allylic oxidation sites excluding steroid dienone is 1. The topological polar surface area (TPSA) is 96.2 Å². The molecule has 0 aliphatic rings. The number of carboxylic acid groups (broad SMARTS) is 1. The fourth-order valence-electron chi connectivity index (χ4n) is 1.94. The van der Waals surface area contributed by atoms with Gasteiger partial charge in [0.05, 0.1) is 19.2 Å². The second-order valence-corrected chi connectivity index (χ2v) is 5.14. The molecule has 0 aromatic heterocycles. The maximum Gasteiger partial charge on any atom is 1.00 e. The zero-order chi connectivity index (χ0) is 16.1. The van der Waals surface area contributed by atoms with Gasteiger partial charge in [0.25, 0.3) is 0 Å². The number of unbranched alkanes of at least 4 members (excludes halogenated alkanes) is 3. The zero-order valence-electron chi connectivity index (χ0n) is 13.8. The first-order valence-electron chi connectivity index (χ1n) is 7.39. The van der Waals surface area contributed by atoms with Crippen molar-refractivity contribution < 1.29 is 71.5 Å². The average molecular weight is 338 g/mol. The molecular formula is C15H27KN2O4. The Balaban J connectivity index is 0. The van der Waals surface area contributed by atoms with Crippen molar-refractivity contribution in [1.29, 1.82) is 0 Å². The van der Waals surface area contributed by atoms with Crippen molar-refractivity contribution >= 4 is 11.9 Å². The molecule has 6 nitrogen and oxygen atoms in total. The minimum atomic E-state index is -0.954. The summed E-state index contributed by atoms with van der Waals surface area (Å²) in [5.74, 6) is -1.09. The van der Waals surface area contributed by atoms with E-state index in [9.17, 15) is 15.0 Å². The molecular weight excluding hydrogens is 311 g/mol. The summed E-state index contributed by atoms with van der Waals surface area (Å²) in [5.41, 5.74) is 0. The van der Waals surface area contributed by atoms with E-state index in [1.165, 1.54) is 0 Å². The number of aliphatic hydroxyl groups excluding tert-OH is 1. The molecule has 0 amide bonds. The number of carbonyl (C=O) groups is 1. The second-order valence-electron chi connectivity index (χ2n) is 5.14. The van der Waals surface area contributed by atoms with E-state index in [2.05, 4.69) is 11.6 Å². The van der Waals surface area contributed by atoms with E-state index in [1.54, 1.807) is 11.8 Å². The molecule has 0 aromatic rings. The quantitative estimate of drug-likeness (QED) is 0.129. The number of carboxylic acids is 1. The first kappa shape index (κ1) is 24.5. The summed E-state index contributed by atoms with van der Waals surface area (Å²) in [6, 6.07) is 0. The maximum atomic E-state index is 11.5. The molecule has 0 fully saturated rings. The molecule has 0 rings (SSSR count). The van der Waals surface area contributed by atoms with E-state index in [0.29, 0.717) is 13.0 Å². The van der Waals surface area contributed by atoms with Crippen LogP contribution in [0.1, 0.15) is 39.0 Å². The second kappa shape index (κ2) is 16.1. The summed E-state index contributed by atoms with van der Waals surface area (Å²) >= 11 is 0. The Hall–Kier alpha value is 0.236. The first-order valence-corrected chi connectivity index (χ1v) is 7.39. The summed E-state index contributed by atoms with van der Waals surface area (Å²) in [6.45, 7) is 5.97. The van der Waals surface area contributed by atoms with Crippen LogP contribution in [-0.4, -0.2) is 59.3 Å². The Bertz CT molecular complexity index is 336. The summed E-state index contributed by atoms with van der Waals surface area (Å²) in [4.78, 5) is 16.2. The number of aliphatic imine (C=N–C) groups is 1. The third kappa shape index (κ3) is 16.6. The Morgan fingerprint density at radius 2 is 2.09 bits per heavy atom. The number of hydrogen-bond donors (Lipinski definition) is 2. The maximum absolute atomic E-state index is 11.5. The van der Waals surface area contributed by atoms with E-state index < -0.39 is 12.1 Å². The van der Waals surface area contributed by atoms with Crippen LogP contribution in [0.2, 0.25) is 0 Å². The van der Waals surface area contributed by atoms with Crippen LogP contribution in [0.15, 0.2) is 17.6 Å². The number of aliphatic hydroxyl groups is 1. The van der Waals surface area contributed by atoms with E-state index in [4.69, 9.17) is 5.11 Å². The molecule has 22 heavy (non-hydrogen) atoms. The smallest absolute Gasteiger partial charge is 0.862 e. The van der Waals surface area contributed by atoms with Gasteiger partial charge in [0, 0.05) is 13.1 Å². The van der Waals surface area contributed by atoms with E-state index in [0.717, 1.165) is 25.7 Å². The van der Waals surface area contributed by atoms with Crippen LogP contribution in [0.25, 0.3) is 0 Å². The van der Waals surface area contributed by atoms with E-state index in [-0.39, 0.29) is 76.9 Å². The molecule has 1 unspecified atom stereocenters. The van der Waals surface area contributed by atoms with Crippen molar-refractivity contribution in [3.8, 4) is 0 Å². The van der Waals surface area contributed by atoms with Crippen LogP contribution in [-0.2, 0) is 4.79 Å². The molecule has 0 saturated carbocycles. The van der Waals surface area contributed by atoms with Gasteiger partial charge in [-0.05, 0) is 38.5 Å². The average Bonchev–Trinajstić information content (AvgIpc) is 2.37. The Morgan fingerprint density at radius 3 is 2.64 bits per heavy atom. The fraction of sp³-hybridized carbons (Fsp3) is 0.733. The Labute approximate surface area is 175 Å². The van der Waals surface area contributed by atoms with Gasteiger partial charge in [0.1, 0.15) is 0 Å². The zero-order valence-corrected chi connectivity index (χ0v) is 17.0. The molecule has 0 radical (unpaired) electrons. The molecule has 122 valence electrons. The van der Waals surface area contributed by atoms with Gasteiger partial charge in [-0.15, -0.1) is 6.58 Å². The van der Waals surface area contributed by atoms with Crippen molar-refractivity contribution in [1.82, 2.24) is 4.90 Å². The molecule has 0 saturated heterocycles. The van der Waals surface area contributed by atoms with Crippen LogP contribution >= 0.6 is 0 Å². The van der Waals surface area contributed by atoms with Crippen molar-refractivity contribution in [3.63, 3.8) is 0 Å². The van der Waals surface area contributed by atoms with Crippen LogP contribution in [0.5, 0.6) is 0 Å². The third-order valence-electron chi connectivity index (χ3n) is 2.88. The fourth-order valence-corrected chi connectivity index (χ4v) is 1.94. The van der Waals surface area contributed by atoms with Crippen molar-refractivity contribution in [3.05, 3.63) is 12.7 Å². The van der Waals surface area contributed by atoms with E-state index >= 15 is 0 Å². The van der Waals surface area contributed by atoms with Crippen LogP contribution < -0.4 is 56.5 Å². The van der Waals surface area contributed by atoms with Crippen LogP contribution in [0.3, 0.4) is 0 Å². The molecule has 0 bridgehead atoms. The SMILES string of the molecule is C=CCCCCCC([O-])=NCCN(CC(=O)O)CC(C)O.[K+]. The van der Waals surface area contributed by atoms with Crippen molar-refractivity contribution in [2.75, 3.05) is 26.2 Å². The molecule has 0 heterocycles.